The molecular formula is C20H22BrN3O. The summed E-state index contributed by atoms with van der Waals surface area (Å²) in [4.78, 5) is 14.0. The highest BCUT2D eigenvalue weighted by Crippen LogP contribution is 2.30. The fourth-order valence-corrected chi connectivity index (χ4v) is 3.05. The fourth-order valence-electron chi connectivity index (χ4n) is 2.69. The van der Waals surface area contributed by atoms with Crippen molar-refractivity contribution in [3.05, 3.63) is 64.4 Å². The lowest BCUT2D eigenvalue weighted by atomic mass is 9.87. The molecule has 0 unspecified atom stereocenters. The average molecular weight is 400 g/mol. The molecule has 4 nitrogen and oxygen atoms in total. The molecule has 0 spiro atoms. The van der Waals surface area contributed by atoms with Crippen LogP contribution >= 0.6 is 15.9 Å². The van der Waals surface area contributed by atoms with Gasteiger partial charge < -0.3 is 4.74 Å². The Morgan fingerprint density at radius 1 is 1.16 bits per heavy atom. The van der Waals surface area contributed by atoms with Crippen LogP contribution < -0.4 is 0 Å². The van der Waals surface area contributed by atoms with Crippen LogP contribution in [0.1, 0.15) is 38.1 Å². The Hall–Kier alpha value is -2.01. The molecule has 0 N–H and O–H groups in total. The first-order valence-electron chi connectivity index (χ1n) is 8.34. The summed E-state index contributed by atoms with van der Waals surface area (Å²) in [6.07, 6.45) is 1.79. The van der Waals surface area contributed by atoms with Crippen LogP contribution in [0.25, 0.3) is 0 Å². The molecule has 2 heterocycles. The standard InChI is InChI=1S/C20H22BrN3O/c1-20(2,3)18(22-12-15-10-7-11-17(21)23-15)19-24-16(13-25-19)14-8-5-4-6-9-14/h4-12,16,18H,13H2,1-3H3/t16-,18+/m1/s1. The van der Waals surface area contributed by atoms with E-state index in [4.69, 9.17) is 14.7 Å². The predicted molar refractivity (Wildman–Crippen MR) is 105 cm³/mol. The van der Waals surface area contributed by atoms with E-state index in [-0.39, 0.29) is 17.5 Å². The molecule has 0 amide bonds. The third-order valence-electron chi connectivity index (χ3n) is 4.00. The van der Waals surface area contributed by atoms with Crippen molar-refractivity contribution < 1.29 is 4.74 Å². The van der Waals surface area contributed by atoms with Gasteiger partial charge in [-0.05, 0) is 39.0 Å². The van der Waals surface area contributed by atoms with E-state index in [0.29, 0.717) is 12.5 Å². The van der Waals surface area contributed by atoms with Gasteiger partial charge in [0.25, 0.3) is 0 Å². The number of ether oxygens (including phenoxy) is 1. The number of nitrogens with zero attached hydrogens (tertiary/aromatic N) is 3. The number of hydrogen-bond acceptors (Lipinski definition) is 4. The van der Waals surface area contributed by atoms with Gasteiger partial charge in [0.2, 0.25) is 5.90 Å². The molecule has 2 atom stereocenters. The van der Waals surface area contributed by atoms with Gasteiger partial charge in [0.05, 0.1) is 5.69 Å². The Balaban J connectivity index is 1.84. The summed E-state index contributed by atoms with van der Waals surface area (Å²) in [6, 6.07) is 15.9. The number of aromatic nitrogens is 1. The molecule has 0 bridgehead atoms. The van der Waals surface area contributed by atoms with E-state index in [1.54, 1.807) is 6.21 Å². The molecule has 1 aliphatic rings. The second kappa shape index (κ2) is 7.48. The zero-order valence-electron chi connectivity index (χ0n) is 14.7. The van der Waals surface area contributed by atoms with Crippen molar-refractivity contribution in [2.75, 3.05) is 6.61 Å². The van der Waals surface area contributed by atoms with Crippen LogP contribution in [0.5, 0.6) is 0 Å². The van der Waals surface area contributed by atoms with E-state index in [0.717, 1.165) is 10.3 Å². The van der Waals surface area contributed by atoms with Gasteiger partial charge in [-0.15, -0.1) is 0 Å². The topological polar surface area (TPSA) is 46.8 Å². The van der Waals surface area contributed by atoms with E-state index in [9.17, 15) is 0 Å². The lowest BCUT2D eigenvalue weighted by molar-refractivity contribution is 0.277. The minimum atomic E-state index is -0.151. The molecule has 0 fully saturated rings. The lowest BCUT2D eigenvalue weighted by Crippen LogP contribution is -2.33. The van der Waals surface area contributed by atoms with Crippen molar-refractivity contribution in [1.29, 1.82) is 0 Å². The summed E-state index contributed by atoms with van der Waals surface area (Å²) in [5.74, 6) is 0.701. The molecule has 130 valence electrons. The monoisotopic (exact) mass is 399 g/mol. The van der Waals surface area contributed by atoms with Gasteiger partial charge in [0, 0.05) is 6.21 Å². The molecule has 25 heavy (non-hydrogen) atoms. The van der Waals surface area contributed by atoms with Gasteiger partial charge in [-0.25, -0.2) is 9.98 Å². The van der Waals surface area contributed by atoms with Gasteiger partial charge in [-0.2, -0.15) is 0 Å². The predicted octanol–water partition coefficient (Wildman–Crippen LogP) is 4.85. The van der Waals surface area contributed by atoms with Crippen LogP contribution in [0.4, 0.5) is 0 Å². The molecule has 2 aromatic rings. The van der Waals surface area contributed by atoms with Gasteiger partial charge >= 0.3 is 0 Å². The highest BCUT2D eigenvalue weighted by Gasteiger charge is 2.34. The Morgan fingerprint density at radius 3 is 2.60 bits per heavy atom. The van der Waals surface area contributed by atoms with E-state index in [2.05, 4.69) is 53.8 Å². The normalized spacial score (nSPS) is 18.9. The largest absolute Gasteiger partial charge is 0.477 e. The summed E-state index contributed by atoms with van der Waals surface area (Å²) >= 11 is 3.39. The lowest BCUT2D eigenvalue weighted by Gasteiger charge is -2.26. The van der Waals surface area contributed by atoms with E-state index in [1.165, 1.54) is 5.56 Å². The highest BCUT2D eigenvalue weighted by molar-refractivity contribution is 9.10. The molecule has 0 saturated heterocycles. The summed E-state index contributed by atoms with van der Waals surface area (Å²) < 4.78 is 6.72. The van der Waals surface area contributed by atoms with Crippen molar-refractivity contribution in [2.24, 2.45) is 15.4 Å². The Labute approximate surface area is 157 Å². The third-order valence-corrected chi connectivity index (χ3v) is 4.44. The quantitative estimate of drug-likeness (QED) is 0.544. The van der Waals surface area contributed by atoms with E-state index < -0.39 is 0 Å². The van der Waals surface area contributed by atoms with Crippen LogP contribution in [0.15, 0.2) is 63.1 Å². The van der Waals surface area contributed by atoms with Gasteiger partial charge in [-0.3, -0.25) is 4.99 Å². The number of rotatable bonds is 4. The SMILES string of the molecule is CC(C)(C)[C@@H](N=Cc1cccc(Br)n1)C1=N[C@@H](c2ccccc2)CO1. The first-order valence-corrected chi connectivity index (χ1v) is 9.14. The van der Waals surface area contributed by atoms with Crippen molar-refractivity contribution >= 4 is 28.0 Å². The molecule has 5 heteroatoms. The maximum Gasteiger partial charge on any atom is 0.210 e. The van der Waals surface area contributed by atoms with Crippen molar-refractivity contribution in [3.63, 3.8) is 0 Å². The van der Waals surface area contributed by atoms with Crippen LogP contribution in [0.2, 0.25) is 0 Å². The zero-order chi connectivity index (χ0) is 17.9. The molecule has 0 saturated carbocycles. The summed E-state index contributed by atoms with van der Waals surface area (Å²) in [7, 11) is 0. The third kappa shape index (κ3) is 4.54. The average Bonchev–Trinajstić information content (AvgIpc) is 3.04. The smallest absolute Gasteiger partial charge is 0.210 e. The number of aliphatic imine (C=N–C) groups is 2. The summed E-state index contributed by atoms with van der Waals surface area (Å²) in [6.45, 7) is 7.00. The second-order valence-corrected chi connectivity index (χ2v) is 7.95. The van der Waals surface area contributed by atoms with Gasteiger partial charge in [0.15, 0.2) is 0 Å². The second-order valence-electron chi connectivity index (χ2n) is 7.14. The Bertz CT molecular complexity index is 781. The van der Waals surface area contributed by atoms with Crippen LogP contribution in [-0.4, -0.2) is 29.7 Å². The number of benzene rings is 1. The zero-order valence-corrected chi connectivity index (χ0v) is 16.3. The fraction of sp³-hybridized carbons (Fsp3) is 0.350. The summed E-state index contributed by atoms with van der Waals surface area (Å²) in [5.41, 5.74) is 1.87. The highest BCUT2D eigenvalue weighted by atomic mass is 79.9. The van der Waals surface area contributed by atoms with E-state index >= 15 is 0 Å². The van der Waals surface area contributed by atoms with Crippen molar-refractivity contribution in [2.45, 2.75) is 32.9 Å². The maximum absolute atomic E-state index is 5.93. The first-order chi connectivity index (χ1) is 11.9. The molecule has 3 rings (SSSR count). The molecule has 1 aliphatic heterocycles. The van der Waals surface area contributed by atoms with Gasteiger partial charge in [-0.1, -0.05) is 57.2 Å². The molecular weight excluding hydrogens is 378 g/mol. The molecule has 1 aromatic carbocycles. The number of halogens is 1. The maximum atomic E-state index is 5.93. The Morgan fingerprint density at radius 2 is 1.92 bits per heavy atom. The molecule has 0 aliphatic carbocycles. The minimum Gasteiger partial charge on any atom is -0.477 e. The number of hydrogen-bond donors (Lipinski definition) is 0. The van der Waals surface area contributed by atoms with Crippen molar-refractivity contribution in [1.82, 2.24) is 4.98 Å². The summed E-state index contributed by atoms with van der Waals surface area (Å²) in [5, 5.41) is 0. The first kappa shape index (κ1) is 17.8. The van der Waals surface area contributed by atoms with Crippen LogP contribution in [0, 0.1) is 5.41 Å². The van der Waals surface area contributed by atoms with Crippen molar-refractivity contribution in [3.8, 4) is 0 Å². The minimum absolute atomic E-state index is 0.0419. The number of pyridine rings is 1. The van der Waals surface area contributed by atoms with Crippen LogP contribution in [-0.2, 0) is 4.74 Å². The Kier molecular flexibility index (Phi) is 5.33. The molecule has 1 aromatic heterocycles. The van der Waals surface area contributed by atoms with Gasteiger partial charge in [0.1, 0.15) is 23.3 Å². The van der Waals surface area contributed by atoms with Crippen LogP contribution in [0.3, 0.4) is 0 Å². The molecule has 0 radical (unpaired) electrons. The van der Waals surface area contributed by atoms with E-state index in [1.807, 2.05) is 36.4 Å².